The molecule has 2 aromatic rings. The van der Waals surface area contributed by atoms with Gasteiger partial charge in [-0.1, -0.05) is 52.6 Å². The van der Waals surface area contributed by atoms with E-state index in [9.17, 15) is 4.79 Å². The van der Waals surface area contributed by atoms with Gasteiger partial charge in [-0.15, -0.1) is 0 Å². The van der Waals surface area contributed by atoms with Crippen LogP contribution in [0, 0.1) is 0 Å². The maximum absolute atomic E-state index is 11.0. The number of nitrogens with zero attached hydrogens (tertiary/aromatic N) is 1. The summed E-state index contributed by atoms with van der Waals surface area (Å²) in [5.41, 5.74) is 1.45. The van der Waals surface area contributed by atoms with Gasteiger partial charge in [0.1, 0.15) is 6.61 Å². The van der Waals surface area contributed by atoms with E-state index in [-0.39, 0.29) is 12.2 Å². The van der Waals surface area contributed by atoms with E-state index in [1.165, 1.54) is 12.3 Å². The molecule has 1 N–H and O–H groups in total. The summed E-state index contributed by atoms with van der Waals surface area (Å²) >= 11 is 11.7. The van der Waals surface area contributed by atoms with Crippen molar-refractivity contribution in [3.8, 4) is 0 Å². The molecule has 2 aromatic carbocycles. The topological polar surface area (TPSA) is 58.9 Å². The number of benzene rings is 2. The second-order valence-electron chi connectivity index (χ2n) is 4.15. The average molecular weight is 324 g/mol. The molecule has 0 saturated heterocycles. The predicted octanol–water partition coefficient (Wildman–Crippen LogP) is 4.24. The van der Waals surface area contributed by atoms with Crippen molar-refractivity contribution in [2.45, 2.75) is 6.61 Å². The first-order valence-corrected chi connectivity index (χ1v) is 6.75. The summed E-state index contributed by atoms with van der Waals surface area (Å²) in [4.78, 5) is 16.1. The van der Waals surface area contributed by atoms with Crippen LogP contribution in [0.2, 0.25) is 10.0 Å². The Bertz CT molecular complexity index is 686. The molecule has 0 aliphatic rings. The van der Waals surface area contributed by atoms with Gasteiger partial charge in [0, 0.05) is 5.56 Å². The lowest BCUT2D eigenvalue weighted by Crippen LogP contribution is -2.01. The molecular weight excluding hydrogens is 313 g/mol. The fourth-order valence-electron chi connectivity index (χ4n) is 1.64. The number of carboxylic acids is 1. The Hall–Kier alpha value is -2.04. The minimum Gasteiger partial charge on any atom is -0.478 e. The summed E-state index contributed by atoms with van der Waals surface area (Å²) in [7, 11) is 0. The maximum atomic E-state index is 11.0. The van der Waals surface area contributed by atoms with Gasteiger partial charge in [0.2, 0.25) is 0 Å². The van der Waals surface area contributed by atoms with Gasteiger partial charge in [-0.05, 0) is 23.8 Å². The molecule has 6 heteroatoms. The van der Waals surface area contributed by atoms with Crippen molar-refractivity contribution < 1.29 is 14.7 Å². The molecule has 108 valence electrons. The molecule has 0 heterocycles. The van der Waals surface area contributed by atoms with Crippen LogP contribution < -0.4 is 0 Å². The van der Waals surface area contributed by atoms with Crippen LogP contribution >= 0.6 is 23.2 Å². The first kappa shape index (κ1) is 15.4. The summed E-state index contributed by atoms with van der Waals surface area (Å²) in [5.74, 6) is -1.01. The Morgan fingerprint density at radius 1 is 1.19 bits per heavy atom. The molecule has 21 heavy (non-hydrogen) atoms. The zero-order valence-electron chi connectivity index (χ0n) is 10.8. The van der Waals surface area contributed by atoms with Gasteiger partial charge >= 0.3 is 5.97 Å². The van der Waals surface area contributed by atoms with Crippen molar-refractivity contribution in [3.63, 3.8) is 0 Å². The second-order valence-corrected chi connectivity index (χ2v) is 4.96. The normalized spacial score (nSPS) is 10.8. The SMILES string of the molecule is O=C(O)c1ccccc1/C=N/OCc1ccc(Cl)c(Cl)c1. The molecule has 0 spiro atoms. The molecule has 0 aromatic heterocycles. The molecule has 2 rings (SSSR count). The minimum absolute atomic E-state index is 0.166. The summed E-state index contributed by atoms with van der Waals surface area (Å²) in [5, 5.41) is 13.7. The van der Waals surface area contributed by atoms with E-state index < -0.39 is 5.97 Å². The minimum atomic E-state index is -1.01. The van der Waals surface area contributed by atoms with Crippen molar-refractivity contribution in [3.05, 3.63) is 69.2 Å². The van der Waals surface area contributed by atoms with Crippen molar-refractivity contribution in [2.24, 2.45) is 5.16 Å². The van der Waals surface area contributed by atoms with Gasteiger partial charge in [0.05, 0.1) is 21.8 Å². The van der Waals surface area contributed by atoms with E-state index in [2.05, 4.69) is 5.16 Å². The summed E-state index contributed by atoms with van der Waals surface area (Å²) in [6.07, 6.45) is 1.36. The van der Waals surface area contributed by atoms with Gasteiger partial charge in [-0.3, -0.25) is 0 Å². The van der Waals surface area contributed by atoms with E-state index in [0.717, 1.165) is 5.56 Å². The summed E-state index contributed by atoms with van der Waals surface area (Å²) < 4.78 is 0. The standard InChI is InChI=1S/C15H11Cl2NO3/c16-13-6-5-10(7-14(13)17)9-21-18-8-11-3-1-2-4-12(11)15(19)20/h1-8H,9H2,(H,19,20)/b18-8+. The maximum Gasteiger partial charge on any atom is 0.336 e. The van der Waals surface area contributed by atoms with E-state index in [1.54, 1.807) is 36.4 Å². The molecule has 0 atom stereocenters. The third-order valence-electron chi connectivity index (χ3n) is 2.67. The number of oxime groups is 1. The highest BCUT2D eigenvalue weighted by Gasteiger charge is 2.06. The molecule has 0 unspecified atom stereocenters. The van der Waals surface area contributed by atoms with Crippen LogP contribution in [0.1, 0.15) is 21.5 Å². The lowest BCUT2D eigenvalue weighted by atomic mass is 10.1. The first-order valence-electron chi connectivity index (χ1n) is 5.99. The largest absolute Gasteiger partial charge is 0.478 e. The van der Waals surface area contributed by atoms with Crippen LogP contribution in [0.15, 0.2) is 47.6 Å². The summed E-state index contributed by atoms with van der Waals surface area (Å²) in [6, 6.07) is 11.7. The number of hydrogen-bond donors (Lipinski definition) is 1. The molecule has 0 saturated carbocycles. The van der Waals surface area contributed by atoms with E-state index in [4.69, 9.17) is 33.1 Å². The van der Waals surface area contributed by atoms with Crippen molar-refractivity contribution in [1.82, 2.24) is 0 Å². The van der Waals surface area contributed by atoms with Crippen LogP contribution in [0.4, 0.5) is 0 Å². The highest BCUT2D eigenvalue weighted by atomic mass is 35.5. The molecule has 0 amide bonds. The third-order valence-corrected chi connectivity index (χ3v) is 3.41. The Morgan fingerprint density at radius 3 is 2.67 bits per heavy atom. The lowest BCUT2D eigenvalue weighted by molar-refractivity contribution is 0.0696. The number of hydrogen-bond acceptors (Lipinski definition) is 3. The van der Waals surface area contributed by atoms with Crippen molar-refractivity contribution >= 4 is 35.4 Å². The molecule has 4 nitrogen and oxygen atoms in total. The lowest BCUT2D eigenvalue weighted by Gasteiger charge is -2.02. The van der Waals surface area contributed by atoms with Crippen LogP contribution in [0.5, 0.6) is 0 Å². The van der Waals surface area contributed by atoms with Gasteiger partial charge in [0.25, 0.3) is 0 Å². The monoisotopic (exact) mass is 323 g/mol. The number of carboxylic acid groups (broad SMARTS) is 1. The van der Waals surface area contributed by atoms with Gasteiger partial charge in [0.15, 0.2) is 0 Å². The predicted molar refractivity (Wildman–Crippen MR) is 82.2 cm³/mol. The zero-order chi connectivity index (χ0) is 15.2. The highest BCUT2D eigenvalue weighted by Crippen LogP contribution is 2.22. The van der Waals surface area contributed by atoms with Gasteiger partial charge in [-0.25, -0.2) is 4.79 Å². The van der Waals surface area contributed by atoms with Crippen LogP contribution in [0.25, 0.3) is 0 Å². The smallest absolute Gasteiger partial charge is 0.336 e. The van der Waals surface area contributed by atoms with Crippen LogP contribution in [-0.4, -0.2) is 17.3 Å². The van der Waals surface area contributed by atoms with E-state index >= 15 is 0 Å². The number of rotatable bonds is 5. The van der Waals surface area contributed by atoms with Crippen molar-refractivity contribution in [1.29, 1.82) is 0 Å². The Balaban J connectivity index is 2.00. The Kier molecular flexibility index (Phi) is 5.20. The second kappa shape index (κ2) is 7.11. The van der Waals surface area contributed by atoms with Gasteiger partial charge < -0.3 is 9.94 Å². The molecule has 0 radical (unpaired) electrons. The average Bonchev–Trinajstić information content (AvgIpc) is 2.47. The number of carbonyl (C=O) groups is 1. The molecular formula is C15H11Cl2NO3. The molecule has 0 aliphatic heterocycles. The van der Waals surface area contributed by atoms with Gasteiger partial charge in [-0.2, -0.15) is 0 Å². The van der Waals surface area contributed by atoms with Crippen LogP contribution in [0.3, 0.4) is 0 Å². The van der Waals surface area contributed by atoms with Crippen molar-refractivity contribution in [2.75, 3.05) is 0 Å². The molecule has 0 bridgehead atoms. The number of aromatic carboxylic acids is 1. The third kappa shape index (κ3) is 4.21. The van der Waals surface area contributed by atoms with Crippen LogP contribution in [-0.2, 0) is 11.4 Å². The Morgan fingerprint density at radius 2 is 1.95 bits per heavy atom. The molecule has 0 fully saturated rings. The zero-order valence-corrected chi connectivity index (χ0v) is 12.3. The van der Waals surface area contributed by atoms with E-state index in [1.807, 2.05) is 0 Å². The fraction of sp³-hybridized carbons (Fsp3) is 0.0667. The highest BCUT2D eigenvalue weighted by molar-refractivity contribution is 6.42. The quantitative estimate of drug-likeness (QED) is 0.661. The Labute approximate surface area is 131 Å². The number of halogens is 2. The molecule has 0 aliphatic carbocycles. The fourth-order valence-corrected chi connectivity index (χ4v) is 1.96. The van der Waals surface area contributed by atoms with E-state index in [0.29, 0.717) is 15.6 Å². The summed E-state index contributed by atoms with van der Waals surface area (Å²) in [6.45, 7) is 0.211. The first-order chi connectivity index (χ1) is 10.1.